The van der Waals surface area contributed by atoms with Crippen LogP contribution in [0, 0.1) is 10.1 Å². The van der Waals surface area contributed by atoms with Gasteiger partial charge in [0.15, 0.2) is 5.69 Å². The Kier molecular flexibility index (Phi) is 2.95. The number of hydrogen-bond donors (Lipinski definition) is 0. The normalized spacial score (nSPS) is 15.1. The number of nitrogens with zero attached hydrogens (tertiary/aromatic N) is 2. The Morgan fingerprint density at radius 3 is 2.76 bits per heavy atom. The van der Waals surface area contributed by atoms with Crippen molar-refractivity contribution < 1.29 is 14.5 Å². The number of hydrogen-bond acceptors (Lipinski definition) is 4. The highest BCUT2D eigenvalue weighted by Crippen LogP contribution is 2.39. The Morgan fingerprint density at radius 1 is 1.47 bits per heavy atom. The zero-order chi connectivity index (χ0) is 12.4. The second-order valence-electron chi connectivity index (χ2n) is 3.73. The third-order valence-corrected chi connectivity index (χ3v) is 2.74. The number of amides is 1. The Morgan fingerprint density at radius 2 is 2.24 bits per heavy atom. The van der Waals surface area contributed by atoms with E-state index in [-0.39, 0.29) is 17.3 Å². The summed E-state index contributed by atoms with van der Waals surface area (Å²) in [6.07, 6.45) is 1.14. The van der Waals surface area contributed by atoms with Gasteiger partial charge in [0.2, 0.25) is 5.91 Å². The number of rotatable bonds is 3. The summed E-state index contributed by atoms with van der Waals surface area (Å²) in [6.45, 7) is 0.500. The second-order valence-corrected chi connectivity index (χ2v) is 3.73. The minimum absolute atomic E-state index is 0.0976. The lowest BCUT2D eigenvalue weighted by Crippen LogP contribution is -2.25. The number of nitro benzene ring substituents is 1. The Labute approximate surface area is 97.9 Å². The molecule has 1 fully saturated rings. The minimum Gasteiger partial charge on any atom is -0.494 e. The number of para-hydroxylation sites is 1. The van der Waals surface area contributed by atoms with Crippen molar-refractivity contribution in [1.82, 2.24) is 0 Å². The largest absolute Gasteiger partial charge is 0.494 e. The third kappa shape index (κ3) is 1.93. The van der Waals surface area contributed by atoms with E-state index in [9.17, 15) is 14.9 Å². The van der Waals surface area contributed by atoms with Crippen LogP contribution in [0.1, 0.15) is 12.8 Å². The molecule has 6 heteroatoms. The molecule has 0 aliphatic carbocycles. The first-order valence-electron chi connectivity index (χ1n) is 5.27. The fraction of sp³-hybridized carbons (Fsp3) is 0.364. The van der Waals surface area contributed by atoms with E-state index in [1.54, 1.807) is 12.1 Å². The maximum Gasteiger partial charge on any atom is 0.296 e. The monoisotopic (exact) mass is 236 g/mol. The van der Waals surface area contributed by atoms with Crippen molar-refractivity contribution >= 4 is 17.3 Å². The van der Waals surface area contributed by atoms with Crippen LogP contribution in [0.5, 0.6) is 5.75 Å². The molecule has 1 aliphatic heterocycles. The topological polar surface area (TPSA) is 72.7 Å². The Hall–Kier alpha value is -2.11. The molecule has 1 amide bonds. The zero-order valence-electron chi connectivity index (χ0n) is 9.38. The van der Waals surface area contributed by atoms with Crippen LogP contribution in [0.2, 0.25) is 0 Å². The highest BCUT2D eigenvalue weighted by Gasteiger charge is 2.31. The predicted octanol–water partition coefficient (Wildman–Crippen LogP) is 1.73. The number of ether oxygens (including phenoxy) is 1. The molecule has 17 heavy (non-hydrogen) atoms. The van der Waals surface area contributed by atoms with Gasteiger partial charge in [-0.3, -0.25) is 14.9 Å². The molecule has 1 aromatic carbocycles. The van der Waals surface area contributed by atoms with Gasteiger partial charge in [0.05, 0.1) is 12.0 Å². The lowest BCUT2D eigenvalue weighted by Gasteiger charge is -2.18. The second kappa shape index (κ2) is 4.40. The van der Waals surface area contributed by atoms with Gasteiger partial charge < -0.3 is 9.64 Å². The lowest BCUT2D eigenvalue weighted by atomic mass is 10.2. The highest BCUT2D eigenvalue weighted by molar-refractivity contribution is 5.99. The van der Waals surface area contributed by atoms with Crippen molar-refractivity contribution in [2.45, 2.75) is 12.8 Å². The number of benzene rings is 1. The molecule has 0 radical (unpaired) electrons. The number of carbonyl (C=O) groups excluding carboxylic acids is 1. The van der Waals surface area contributed by atoms with Crippen LogP contribution in [-0.2, 0) is 4.79 Å². The summed E-state index contributed by atoms with van der Waals surface area (Å²) in [5, 5.41) is 11.0. The van der Waals surface area contributed by atoms with Crippen LogP contribution in [0.3, 0.4) is 0 Å². The molecule has 0 spiro atoms. The average Bonchev–Trinajstić information content (AvgIpc) is 2.74. The van der Waals surface area contributed by atoms with Gasteiger partial charge in [-0.05, 0) is 12.5 Å². The van der Waals surface area contributed by atoms with E-state index in [0.717, 1.165) is 0 Å². The summed E-state index contributed by atoms with van der Waals surface area (Å²) in [7, 11) is 1.43. The summed E-state index contributed by atoms with van der Waals surface area (Å²) in [5.41, 5.74) is 0.169. The number of nitro groups is 1. The van der Waals surface area contributed by atoms with Crippen LogP contribution in [0.25, 0.3) is 0 Å². The fourth-order valence-corrected chi connectivity index (χ4v) is 1.98. The van der Waals surface area contributed by atoms with E-state index in [1.165, 1.54) is 18.1 Å². The van der Waals surface area contributed by atoms with Crippen LogP contribution in [0.15, 0.2) is 18.2 Å². The molecule has 0 unspecified atom stereocenters. The maximum absolute atomic E-state index is 11.7. The molecule has 1 aliphatic rings. The average molecular weight is 236 g/mol. The van der Waals surface area contributed by atoms with Gasteiger partial charge in [-0.1, -0.05) is 6.07 Å². The molecule has 90 valence electrons. The summed E-state index contributed by atoms with van der Waals surface area (Å²) >= 11 is 0. The summed E-state index contributed by atoms with van der Waals surface area (Å²) in [5.74, 6) is 0.257. The summed E-state index contributed by atoms with van der Waals surface area (Å²) < 4.78 is 5.10. The fourth-order valence-electron chi connectivity index (χ4n) is 1.98. The van der Waals surface area contributed by atoms with Crippen molar-refractivity contribution in [2.75, 3.05) is 18.6 Å². The molecule has 1 aromatic rings. The molecule has 0 bridgehead atoms. The quantitative estimate of drug-likeness (QED) is 0.591. The van der Waals surface area contributed by atoms with Gasteiger partial charge in [0.1, 0.15) is 5.75 Å². The number of anilines is 1. The van der Waals surface area contributed by atoms with Gasteiger partial charge in [0, 0.05) is 19.0 Å². The van der Waals surface area contributed by atoms with Crippen LogP contribution in [0.4, 0.5) is 11.4 Å². The minimum atomic E-state index is -0.497. The van der Waals surface area contributed by atoms with Gasteiger partial charge >= 0.3 is 0 Å². The van der Waals surface area contributed by atoms with E-state index >= 15 is 0 Å². The van der Waals surface area contributed by atoms with Gasteiger partial charge in [-0.15, -0.1) is 0 Å². The van der Waals surface area contributed by atoms with Gasteiger partial charge in [0.25, 0.3) is 5.69 Å². The number of carbonyl (C=O) groups is 1. The summed E-state index contributed by atoms with van der Waals surface area (Å²) in [4.78, 5) is 23.6. The first-order chi connectivity index (χ1) is 8.15. The van der Waals surface area contributed by atoms with Gasteiger partial charge in [-0.2, -0.15) is 0 Å². The molecule has 0 saturated carbocycles. The van der Waals surface area contributed by atoms with Crippen LogP contribution in [-0.4, -0.2) is 24.5 Å². The molecule has 2 rings (SSSR count). The zero-order valence-corrected chi connectivity index (χ0v) is 9.38. The standard InChI is InChI=1S/C11H12N2O4/c1-17-9-5-2-4-8(13(15)16)11(9)12-7-3-6-10(12)14/h2,4-5H,3,6-7H2,1H3. The molecule has 0 aromatic heterocycles. The van der Waals surface area contributed by atoms with E-state index in [0.29, 0.717) is 25.1 Å². The van der Waals surface area contributed by atoms with Crippen molar-refractivity contribution in [1.29, 1.82) is 0 Å². The number of methoxy groups -OCH3 is 1. The molecule has 1 heterocycles. The highest BCUT2D eigenvalue weighted by atomic mass is 16.6. The molecular formula is C11H12N2O4. The van der Waals surface area contributed by atoms with E-state index in [1.807, 2.05) is 0 Å². The van der Waals surface area contributed by atoms with Crippen molar-refractivity contribution in [3.8, 4) is 5.75 Å². The first kappa shape index (κ1) is 11.4. The van der Waals surface area contributed by atoms with E-state index in [4.69, 9.17) is 4.74 Å². The maximum atomic E-state index is 11.7. The smallest absolute Gasteiger partial charge is 0.296 e. The van der Waals surface area contributed by atoms with Crippen molar-refractivity contribution in [2.24, 2.45) is 0 Å². The van der Waals surface area contributed by atoms with Crippen LogP contribution < -0.4 is 9.64 Å². The Balaban J connectivity index is 2.55. The third-order valence-electron chi connectivity index (χ3n) is 2.74. The Bertz CT molecular complexity index is 473. The molecule has 6 nitrogen and oxygen atoms in total. The molecule has 1 saturated heterocycles. The van der Waals surface area contributed by atoms with E-state index in [2.05, 4.69) is 0 Å². The summed E-state index contributed by atoms with van der Waals surface area (Å²) in [6, 6.07) is 4.54. The molecular weight excluding hydrogens is 224 g/mol. The SMILES string of the molecule is COc1cccc([N+](=O)[O-])c1N1CCCC1=O. The van der Waals surface area contributed by atoms with Gasteiger partial charge in [-0.25, -0.2) is 0 Å². The van der Waals surface area contributed by atoms with Crippen LogP contribution >= 0.6 is 0 Å². The van der Waals surface area contributed by atoms with Crippen molar-refractivity contribution in [3.05, 3.63) is 28.3 Å². The molecule has 0 N–H and O–H groups in total. The first-order valence-corrected chi connectivity index (χ1v) is 5.27. The lowest BCUT2D eigenvalue weighted by molar-refractivity contribution is -0.384. The van der Waals surface area contributed by atoms with E-state index < -0.39 is 4.92 Å². The molecule has 0 atom stereocenters. The van der Waals surface area contributed by atoms with Crippen molar-refractivity contribution in [3.63, 3.8) is 0 Å². The predicted molar refractivity (Wildman–Crippen MR) is 61.2 cm³/mol.